The first-order valence-corrected chi connectivity index (χ1v) is 13.5. The van der Waals surface area contributed by atoms with Gasteiger partial charge in [0.2, 0.25) is 11.8 Å². The molecule has 2 unspecified atom stereocenters. The molecule has 0 amide bonds. The molecule has 6 bridgehead atoms. The molecule has 3 aromatic rings. The third-order valence-corrected chi connectivity index (χ3v) is 8.84. The predicted molar refractivity (Wildman–Crippen MR) is 131 cm³/mol. The standard InChI is InChI=1S/C24H29N7O3S/c1-30-11-12-34-21-13-18(7-9-25-21)20-6-5-17-3-2-4-19(17)22(20)26-23-27-24(29-28-23)35(32,33)31-10-8-16(14-30)15-31/h5-7,9,13,16H,2-4,8,10-12,14-15H2,1H3,(H2,26,27,28,29). The summed E-state index contributed by atoms with van der Waals surface area (Å²) in [6.45, 7) is 2.98. The van der Waals surface area contributed by atoms with Crippen molar-refractivity contribution in [2.75, 3.05) is 45.2 Å². The van der Waals surface area contributed by atoms with Crippen LogP contribution in [0.4, 0.5) is 11.6 Å². The van der Waals surface area contributed by atoms with Crippen molar-refractivity contribution in [2.24, 2.45) is 5.92 Å². The minimum Gasteiger partial charge on any atom is -0.476 e. The number of likely N-dealkylation sites (N-methyl/N-ethyl adjacent to an activating group) is 1. The van der Waals surface area contributed by atoms with Gasteiger partial charge in [0.1, 0.15) is 6.61 Å². The van der Waals surface area contributed by atoms with Crippen LogP contribution < -0.4 is 10.1 Å². The Morgan fingerprint density at radius 3 is 2.97 bits per heavy atom. The highest BCUT2D eigenvalue weighted by molar-refractivity contribution is 7.89. The van der Waals surface area contributed by atoms with E-state index in [0.29, 0.717) is 25.6 Å². The van der Waals surface area contributed by atoms with Gasteiger partial charge >= 0.3 is 0 Å². The summed E-state index contributed by atoms with van der Waals surface area (Å²) in [6, 6.07) is 8.17. The van der Waals surface area contributed by atoms with E-state index in [1.54, 1.807) is 6.20 Å². The molecule has 2 aliphatic heterocycles. The van der Waals surface area contributed by atoms with Crippen LogP contribution in [0.5, 0.6) is 5.88 Å². The number of hydrogen-bond donors (Lipinski definition) is 2. The predicted octanol–water partition coefficient (Wildman–Crippen LogP) is 2.43. The van der Waals surface area contributed by atoms with Crippen molar-refractivity contribution in [1.29, 1.82) is 0 Å². The molecule has 2 aromatic heterocycles. The van der Waals surface area contributed by atoms with Crippen LogP contribution in [0, 0.1) is 5.92 Å². The van der Waals surface area contributed by atoms with Gasteiger partial charge in [0.15, 0.2) is 0 Å². The monoisotopic (exact) mass is 495 g/mol. The Hall–Kier alpha value is -3.02. The fourth-order valence-electron chi connectivity index (χ4n) is 5.36. The lowest BCUT2D eigenvalue weighted by Gasteiger charge is -2.21. The van der Waals surface area contributed by atoms with Gasteiger partial charge in [-0.3, -0.25) is 0 Å². The number of sulfonamides is 1. The lowest BCUT2D eigenvalue weighted by Crippen LogP contribution is -2.33. The fraction of sp³-hybridized carbons (Fsp3) is 0.458. The van der Waals surface area contributed by atoms with Crippen molar-refractivity contribution in [3.63, 3.8) is 0 Å². The number of rotatable bonds is 0. The summed E-state index contributed by atoms with van der Waals surface area (Å²) in [7, 11) is -1.71. The highest BCUT2D eigenvalue weighted by Gasteiger charge is 2.35. The molecule has 1 saturated heterocycles. The molecule has 4 heterocycles. The van der Waals surface area contributed by atoms with Crippen LogP contribution in [0.1, 0.15) is 24.0 Å². The highest BCUT2D eigenvalue weighted by atomic mass is 32.2. The number of fused-ring (bicyclic) bond motifs is 10. The first-order valence-electron chi connectivity index (χ1n) is 12.1. The summed E-state index contributed by atoms with van der Waals surface area (Å²) in [4.78, 5) is 11.0. The number of ether oxygens (including phenoxy) is 1. The average Bonchev–Trinajstić information content (AvgIpc) is 3.60. The van der Waals surface area contributed by atoms with Gasteiger partial charge in [-0.05, 0) is 61.4 Å². The van der Waals surface area contributed by atoms with Crippen LogP contribution in [0.15, 0.2) is 35.6 Å². The van der Waals surface area contributed by atoms with E-state index < -0.39 is 10.0 Å². The van der Waals surface area contributed by atoms with Crippen molar-refractivity contribution in [2.45, 2.75) is 30.8 Å². The van der Waals surface area contributed by atoms with Gasteiger partial charge in [0.05, 0.1) is 5.69 Å². The Kier molecular flexibility index (Phi) is 5.70. The van der Waals surface area contributed by atoms with Crippen molar-refractivity contribution in [3.8, 4) is 17.0 Å². The molecular formula is C24H29N7O3S. The second kappa shape index (κ2) is 8.89. The molecular weight excluding hydrogens is 466 g/mol. The molecule has 35 heavy (non-hydrogen) atoms. The number of hydrogen-bond acceptors (Lipinski definition) is 8. The number of nitrogens with one attached hydrogen (secondary N) is 2. The van der Waals surface area contributed by atoms with Crippen LogP contribution in [0.25, 0.3) is 11.1 Å². The highest BCUT2D eigenvalue weighted by Crippen LogP contribution is 2.39. The number of pyridine rings is 1. The first kappa shape index (κ1) is 22.4. The van der Waals surface area contributed by atoms with Crippen LogP contribution in [-0.2, 0) is 22.9 Å². The molecule has 0 radical (unpaired) electrons. The molecule has 6 rings (SSSR count). The molecule has 2 atom stereocenters. The smallest absolute Gasteiger partial charge is 0.278 e. The van der Waals surface area contributed by atoms with Crippen molar-refractivity contribution in [3.05, 3.63) is 41.6 Å². The molecule has 10 nitrogen and oxygen atoms in total. The largest absolute Gasteiger partial charge is 0.476 e. The third-order valence-electron chi connectivity index (χ3n) is 7.16. The van der Waals surface area contributed by atoms with Gasteiger partial charge < -0.3 is 15.0 Å². The third kappa shape index (κ3) is 4.28. The molecule has 1 aromatic carbocycles. The second-order valence-electron chi connectivity index (χ2n) is 9.58. The summed E-state index contributed by atoms with van der Waals surface area (Å²) in [5.74, 6) is 1.08. The molecule has 3 aliphatic rings. The van der Waals surface area contributed by atoms with Gasteiger partial charge in [-0.1, -0.05) is 12.1 Å². The summed E-state index contributed by atoms with van der Waals surface area (Å²) in [5.41, 5.74) is 5.36. The lowest BCUT2D eigenvalue weighted by atomic mass is 9.98. The number of aryl methyl sites for hydroxylation is 1. The van der Waals surface area contributed by atoms with Gasteiger partial charge in [-0.2, -0.15) is 9.29 Å². The van der Waals surface area contributed by atoms with Gasteiger partial charge in [-0.25, -0.2) is 18.5 Å². The van der Waals surface area contributed by atoms with Gasteiger partial charge in [0.25, 0.3) is 15.2 Å². The van der Waals surface area contributed by atoms with Crippen LogP contribution >= 0.6 is 0 Å². The summed E-state index contributed by atoms with van der Waals surface area (Å²) < 4.78 is 34.0. The van der Waals surface area contributed by atoms with E-state index in [0.717, 1.165) is 55.6 Å². The van der Waals surface area contributed by atoms with E-state index >= 15 is 0 Å². The maximum Gasteiger partial charge on any atom is 0.278 e. The van der Waals surface area contributed by atoms with Crippen molar-refractivity contribution >= 4 is 21.7 Å². The second-order valence-corrected chi connectivity index (χ2v) is 11.4. The van der Waals surface area contributed by atoms with E-state index in [4.69, 9.17) is 4.74 Å². The van der Waals surface area contributed by atoms with Crippen molar-refractivity contribution < 1.29 is 13.2 Å². The van der Waals surface area contributed by atoms with Crippen LogP contribution in [-0.4, -0.2) is 77.6 Å². The molecule has 1 aliphatic carbocycles. The number of aromatic amines is 1. The Morgan fingerprint density at radius 1 is 1.14 bits per heavy atom. The van der Waals surface area contributed by atoms with E-state index in [1.807, 2.05) is 19.2 Å². The molecule has 1 fully saturated rings. The number of aromatic nitrogens is 4. The summed E-state index contributed by atoms with van der Waals surface area (Å²) in [6.07, 6.45) is 5.61. The number of nitrogens with zero attached hydrogens (tertiary/aromatic N) is 5. The Labute approximate surface area is 204 Å². The minimum absolute atomic E-state index is 0.121. The molecule has 0 spiro atoms. The van der Waals surface area contributed by atoms with Gasteiger partial charge in [0, 0.05) is 44.0 Å². The first-order chi connectivity index (χ1) is 17.0. The zero-order chi connectivity index (χ0) is 24.0. The van der Waals surface area contributed by atoms with Crippen molar-refractivity contribution in [1.82, 2.24) is 29.4 Å². The number of benzene rings is 1. The quantitative estimate of drug-likeness (QED) is 0.489. The van der Waals surface area contributed by atoms with Crippen LogP contribution in [0.3, 0.4) is 0 Å². The Balaban J connectivity index is 1.43. The van der Waals surface area contributed by atoms with E-state index in [9.17, 15) is 8.42 Å². The van der Waals surface area contributed by atoms with Gasteiger partial charge in [-0.15, -0.1) is 5.10 Å². The molecule has 0 saturated carbocycles. The normalized spacial score (nSPS) is 23.9. The van der Waals surface area contributed by atoms with Crippen LogP contribution in [0.2, 0.25) is 0 Å². The summed E-state index contributed by atoms with van der Waals surface area (Å²) in [5, 5.41) is 10.1. The molecule has 11 heteroatoms. The number of anilines is 2. The van der Waals surface area contributed by atoms with E-state index in [1.165, 1.54) is 15.4 Å². The topological polar surface area (TPSA) is 116 Å². The zero-order valence-electron chi connectivity index (χ0n) is 19.7. The Bertz CT molecular complexity index is 1360. The maximum absolute atomic E-state index is 13.3. The van der Waals surface area contributed by atoms with E-state index in [-0.39, 0.29) is 17.0 Å². The van der Waals surface area contributed by atoms with E-state index in [2.05, 4.69) is 42.5 Å². The fourth-order valence-corrected chi connectivity index (χ4v) is 6.72. The summed E-state index contributed by atoms with van der Waals surface area (Å²) >= 11 is 0. The molecule has 2 N–H and O–H groups in total. The maximum atomic E-state index is 13.3. The Morgan fingerprint density at radius 2 is 2.06 bits per heavy atom. The lowest BCUT2D eigenvalue weighted by molar-refractivity contribution is 0.213. The molecule has 184 valence electrons. The zero-order valence-corrected chi connectivity index (χ0v) is 20.5. The minimum atomic E-state index is -3.74. The SMILES string of the molecule is CN1CCOc2cc(ccn2)-c2ccc3c(c2Nc2n[nH]c(n2)S(=O)(=O)N2CCC(C1)C2)CCC3. The number of H-pyrrole nitrogens is 1. The average molecular weight is 496 g/mol.